The minimum Gasteiger partial charge on any atom is -0.388 e. The Morgan fingerprint density at radius 1 is 1.09 bits per heavy atom. The summed E-state index contributed by atoms with van der Waals surface area (Å²) in [6.45, 7) is 5.25. The number of pyridine rings is 2. The van der Waals surface area contributed by atoms with Gasteiger partial charge in [0.05, 0.1) is 28.9 Å². The third kappa shape index (κ3) is 3.71. The second-order valence-corrected chi connectivity index (χ2v) is 8.28. The highest BCUT2D eigenvalue weighted by Gasteiger charge is 2.35. The molecule has 1 N–H and O–H groups in total. The van der Waals surface area contributed by atoms with Gasteiger partial charge in [0.2, 0.25) is 0 Å². The monoisotopic (exact) mass is 427 g/mol. The second kappa shape index (κ2) is 8.09. The van der Waals surface area contributed by atoms with Crippen molar-refractivity contribution in [3.8, 4) is 11.3 Å². The summed E-state index contributed by atoms with van der Waals surface area (Å²) in [5.41, 5.74) is 3.52. The maximum absolute atomic E-state index is 12.9. The van der Waals surface area contributed by atoms with E-state index in [9.17, 15) is 9.90 Å². The van der Waals surface area contributed by atoms with E-state index in [-0.39, 0.29) is 5.91 Å². The molecule has 0 atom stereocenters. The lowest BCUT2D eigenvalue weighted by Crippen LogP contribution is -2.48. The van der Waals surface area contributed by atoms with Crippen LogP contribution in [0.5, 0.6) is 0 Å². The van der Waals surface area contributed by atoms with Gasteiger partial charge in [0, 0.05) is 49.6 Å². The van der Waals surface area contributed by atoms with Crippen molar-refractivity contribution in [3.05, 3.63) is 79.5 Å². The Hall–Kier alpha value is -3.71. The van der Waals surface area contributed by atoms with Crippen LogP contribution in [0, 0.1) is 0 Å². The Balaban J connectivity index is 1.29. The lowest BCUT2D eigenvalue weighted by atomic mass is 9.91. The van der Waals surface area contributed by atoms with Crippen LogP contribution in [-0.4, -0.2) is 53.7 Å². The molecule has 0 unspecified atom stereocenters. The van der Waals surface area contributed by atoms with E-state index >= 15 is 0 Å². The zero-order valence-corrected chi connectivity index (χ0v) is 17.8. The molecule has 0 aliphatic carbocycles. The van der Waals surface area contributed by atoms with Crippen LogP contribution in [-0.2, 0) is 6.54 Å². The molecule has 162 valence electrons. The minimum absolute atomic E-state index is 0.0313. The average molecular weight is 428 g/mol. The number of carbonyl (C=O) groups is 1. The van der Waals surface area contributed by atoms with Crippen molar-refractivity contribution in [2.75, 3.05) is 13.1 Å². The Morgan fingerprint density at radius 2 is 1.88 bits per heavy atom. The average Bonchev–Trinajstić information content (AvgIpc) is 3.46. The molecule has 32 heavy (non-hydrogen) atoms. The van der Waals surface area contributed by atoms with Crippen molar-refractivity contribution in [1.29, 1.82) is 0 Å². The Kier molecular flexibility index (Phi) is 5.11. The number of rotatable bonds is 5. The van der Waals surface area contributed by atoms with Crippen LogP contribution in [0.15, 0.2) is 73.8 Å². The van der Waals surface area contributed by atoms with Crippen molar-refractivity contribution in [3.63, 3.8) is 0 Å². The molecule has 0 bridgehead atoms. The molecule has 1 aliphatic heterocycles. The number of aliphatic hydroxyl groups is 1. The van der Waals surface area contributed by atoms with E-state index in [0.29, 0.717) is 38.2 Å². The molecule has 1 aliphatic rings. The lowest BCUT2D eigenvalue weighted by Gasteiger charge is -2.38. The Labute approximate surface area is 186 Å². The van der Waals surface area contributed by atoms with Crippen LogP contribution < -0.4 is 0 Å². The van der Waals surface area contributed by atoms with Crippen molar-refractivity contribution in [1.82, 2.24) is 24.0 Å². The third-order valence-corrected chi connectivity index (χ3v) is 6.24. The molecular formula is C25H25N5O2. The first kappa shape index (κ1) is 20.2. The second-order valence-electron chi connectivity index (χ2n) is 8.28. The summed E-state index contributed by atoms with van der Waals surface area (Å²) in [6, 6.07) is 13.5. The van der Waals surface area contributed by atoms with Gasteiger partial charge in [-0.25, -0.2) is 4.98 Å². The number of likely N-dealkylation sites (tertiary alicyclic amines) is 1. The van der Waals surface area contributed by atoms with E-state index in [1.807, 2.05) is 48.8 Å². The van der Waals surface area contributed by atoms with E-state index in [2.05, 4.69) is 16.1 Å². The van der Waals surface area contributed by atoms with Crippen molar-refractivity contribution < 1.29 is 9.90 Å². The van der Waals surface area contributed by atoms with Gasteiger partial charge in [-0.15, -0.1) is 0 Å². The molecule has 0 spiro atoms. The molecule has 0 aromatic carbocycles. The van der Waals surface area contributed by atoms with Gasteiger partial charge in [-0.2, -0.15) is 0 Å². The Morgan fingerprint density at radius 3 is 2.62 bits per heavy atom. The van der Waals surface area contributed by atoms with Crippen LogP contribution in [0.2, 0.25) is 0 Å². The molecule has 1 saturated heterocycles. The van der Waals surface area contributed by atoms with Crippen molar-refractivity contribution in [2.24, 2.45) is 0 Å². The number of hydrogen-bond donors (Lipinski definition) is 1. The largest absolute Gasteiger partial charge is 0.388 e. The maximum atomic E-state index is 12.9. The molecule has 1 amide bonds. The van der Waals surface area contributed by atoms with Gasteiger partial charge in [-0.3, -0.25) is 9.78 Å². The molecule has 0 radical (unpaired) electrons. The van der Waals surface area contributed by atoms with Gasteiger partial charge < -0.3 is 19.1 Å². The fourth-order valence-corrected chi connectivity index (χ4v) is 4.39. The van der Waals surface area contributed by atoms with E-state index in [4.69, 9.17) is 4.98 Å². The number of piperidine rings is 1. The quantitative estimate of drug-likeness (QED) is 0.527. The van der Waals surface area contributed by atoms with E-state index in [1.165, 1.54) is 0 Å². The summed E-state index contributed by atoms with van der Waals surface area (Å²) >= 11 is 0. The van der Waals surface area contributed by atoms with Gasteiger partial charge in [0.1, 0.15) is 5.69 Å². The first-order valence-corrected chi connectivity index (χ1v) is 10.7. The molecule has 4 aromatic rings. The summed E-state index contributed by atoms with van der Waals surface area (Å²) in [6.07, 6.45) is 9.97. The van der Waals surface area contributed by atoms with E-state index in [0.717, 1.165) is 22.3 Å². The Bertz CT molecular complexity index is 1270. The zero-order chi connectivity index (χ0) is 22.1. The molecule has 1 fully saturated rings. The molecule has 5 heterocycles. The summed E-state index contributed by atoms with van der Waals surface area (Å²) in [5.74, 6) is -0.0313. The van der Waals surface area contributed by atoms with Crippen LogP contribution in [0.3, 0.4) is 0 Å². The third-order valence-electron chi connectivity index (χ3n) is 6.24. The molecule has 5 rings (SSSR count). The smallest absolute Gasteiger partial charge is 0.270 e. The van der Waals surface area contributed by atoms with Crippen LogP contribution >= 0.6 is 0 Å². The normalized spacial score (nSPS) is 15.7. The first-order valence-electron chi connectivity index (χ1n) is 10.7. The number of aromatic nitrogens is 4. The lowest BCUT2D eigenvalue weighted by molar-refractivity contribution is -0.0285. The van der Waals surface area contributed by atoms with E-state index in [1.54, 1.807) is 34.1 Å². The summed E-state index contributed by atoms with van der Waals surface area (Å²) in [4.78, 5) is 23.5. The summed E-state index contributed by atoms with van der Waals surface area (Å²) in [7, 11) is 0. The van der Waals surface area contributed by atoms with Gasteiger partial charge >= 0.3 is 0 Å². The first-order chi connectivity index (χ1) is 15.6. The summed E-state index contributed by atoms with van der Waals surface area (Å²) < 4.78 is 3.78. The van der Waals surface area contributed by atoms with Gasteiger partial charge in [0.25, 0.3) is 5.91 Å². The van der Waals surface area contributed by atoms with Crippen molar-refractivity contribution >= 4 is 23.1 Å². The van der Waals surface area contributed by atoms with Crippen LogP contribution in [0.1, 0.15) is 23.3 Å². The number of hydrogen-bond acceptors (Lipinski definition) is 4. The maximum Gasteiger partial charge on any atom is 0.270 e. The minimum atomic E-state index is -0.868. The van der Waals surface area contributed by atoms with Crippen LogP contribution in [0.25, 0.3) is 28.5 Å². The highest BCUT2D eigenvalue weighted by Crippen LogP contribution is 2.28. The standard InChI is InChI=1S/C25H25N5O2/c1-2-28-14-3-4-23(28)24(31)29-16-10-25(32,11-17-29)18-30-15-9-21-22(30)6-5-20(27-21)19-7-12-26-13-8-19/h2-9,12-15,32H,1,10-11,16-18H2. The highest BCUT2D eigenvalue weighted by atomic mass is 16.3. The van der Waals surface area contributed by atoms with E-state index < -0.39 is 5.60 Å². The number of fused-ring (bicyclic) bond motifs is 1. The number of nitrogens with zero attached hydrogens (tertiary/aromatic N) is 5. The molecule has 7 heteroatoms. The number of amides is 1. The zero-order valence-electron chi connectivity index (χ0n) is 17.8. The van der Waals surface area contributed by atoms with Gasteiger partial charge in [0.15, 0.2) is 0 Å². The SMILES string of the molecule is C=Cn1cccc1C(=O)N1CCC(O)(Cn2ccc3nc(-c4ccncc4)ccc32)CC1. The van der Waals surface area contributed by atoms with Gasteiger partial charge in [-0.05, 0) is 55.3 Å². The summed E-state index contributed by atoms with van der Waals surface area (Å²) in [5, 5.41) is 11.3. The number of carbonyl (C=O) groups excluding carboxylic acids is 1. The highest BCUT2D eigenvalue weighted by molar-refractivity contribution is 5.93. The fourth-order valence-electron chi connectivity index (χ4n) is 4.39. The molecule has 7 nitrogen and oxygen atoms in total. The molecular weight excluding hydrogens is 402 g/mol. The van der Waals surface area contributed by atoms with Crippen LogP contribution in [0.4, 0.5) is 0 Å². The van der Waals surface area contributed by atoms with Crippen molar-refractivity contribution in [2.45, 2.75) is 25.0 Å². The predicted molar refractivity (Wildman–Crippen MR) is 124 cm³/mol. The molecule has 4 aromatic heterocycles. The topological polar surface area (TPSA) is 76.2 Å². The molecule has 0 saturated carbocycles. The predicted octanol–water partition coefficient (Wildman–Crippen LogP) is 3.67. The fraction of sp³-hybridized carbons (Fsp3) is 0.240. The van der Waals surface area contributed by atoms with Gasteiger partial charge in [-0.1, -0.05) is 6.58 Å².